The molecule has 3 rings (SSSR count). The molecule has 0 aliphatic carbocycles. The van der Waals surface area contributed by atoms with Crippen molar-refractivity contribution in [2.24, 2.45) is 0 Å². The fraction of sp³-hybridized carbons (Fsp3) is 0.235. The molecular formula is C17H16F2N2O2. The molecule has 0 saturated heterocycles. The molecule has 0 atom stereocenters. The van der Waals surface area contributed by atoms with Crippen LogP contribution < -0.4 is 9.47 Å². The summed E-state index contributed by atoms with van der Waals surface area (Å²) in [6.07, 6.45) is 2.30. The number of halogens is 2. The van der Waals surface area contributed by atoms with Crippen LogP contribution in [-0.2, 0) is 6.54 Å². The maximum Gasteiger partial charge on any atom is 0.161 e. The Morgan fingerprint density at radius 2 is 1.74 bits per heavy atom. The minimum Gasteiger partial charge on any atom is -0.497 e. The Kier molecular flexibility index (Phi) is 4.41. The fourth-order valence-electron chi connectivity index (χ4n) is 2.33. The predicted molar refractivity (Wildman–Crippen MR) is 82.8 cm³/mol. The Morgan fingerprint density at radius 1 is 1.04 bits per heavy atom. The van der Waals surface area contributed by atoms with Gasteiger partial charge in [-0.2, -0.15) is 0 Å². The monoisotopic (exact) mass is 318 g/mol. The van der Waals surface area contributed by atoms with Crippen LogP contribution >= 0.6 is 0 Å². The van der Waals surface area contributed by atoms with Gasteiger partial charge in [-0.05, 0) is 30.7 Å². The first-order chi connectivity index (χ1) is 11.2. The van der Waals surface area contributed by atoms with Crippen LogP contribution in [0.1, 0.15) is 6.42 Å². The zero-order chi connectivity index (χ0) is 16.2. The maximum atomic E-state index is 13.3. The van der Waals surface area contributed by atoms with E-state index in [0.717, 1.165) is 24.0 Å². The standard InChI is InChI=1S/C17H16F2N2O2/c1-22-12-3-5-13(6-4-12)23-8-2-7-21-11-20-16-9-14(18)15(19)10-17(16)21/h3-6,9-11H,2,7-8H2,1H3. The zero-order valence-corrected chi connectivity index (χ0v) is 12.6. The Bertz CT molecular complexity index is 800. The zero-order valence-electron chi connectivity index (χ0n) is 12.6. The highest BCUT2D eigenvalue weighted by atomic mass is 19.2. The van der Waals surface area contributed by atoms with Crippen molar-refractivity contribution in [2.75, 3.05) is 13.7 Å². The third kappa shape index (κ3) is 3.41. The van der Waals surface area contributed by atoms with E-state index in [9.17, 15) is 8.78 Å². The molecule has 1 aromatic heterocycles. The molecule has 3 aromatic rings. The first-order valence-electron chi connectivity index (χ1n) is 7.24. The topological polar surface area (TPSA) is 36.3 Å². The Hall–Kier alpha value is -2.63. The number of benzene rings is 2. The number of aryl methyl sites for hydroxylation is 1. The number of methoxy groups -OCH3 is 1. The molecule has 0 bridgehead atoms. The normalized spacial score (nSPS) is 10.9. The molecule has 1 heterocycles. The van der Waals surface area contributed by atoms with Crippen LogP contribution in [-0.4, -0.2) is 23.3 Å². The maximum absolute atomic E-state index is 13.3. The van der Waals surface area contributed by atoms with Crippen molar-refractivity contribution in [1.82, 2.24) is 9.55 Å². The van der Waals surface area contributed by atoms with Crippen molar-refractivity contribution in [2.45, 2.75) is 13.0 Å². The Labute approximate surface area is 132 Å². The molecule has 6 heteroatoms. The number of hydrogen-bond donors (Lipinski definition) is 0. The fourth-order valence-corrected chi connectivity index (χ4v) is 2.33. The molecule has 2 aromatic carbocycles. The van der Waals surface area contributed by atoms with E-state index in [4.69, 9.17) is 9.47 Å². The van der Waals surface area contributed by atoms with E-state index in [1.54, 1.807) is 18.0 Å². The van der Waals surface area contributed by atoms with Gasteiger partial charge in [0.25, 0.3) is 0 Å². The summed E-state index contributed by atoms with van der Waals surface area (Å²) in [5.74, 6) is -0.217. The second-order valence-corrected chi connectivity index (χ2v) is 5.07. The molecule has 0 fully saturated rings. The largest absolute Gasteiger partial charge is 0.497 e. The lowest BCUT2D eigenvalue weighted by Gasteiger charge is -2.08. The minimum atomic E-state index is -0.884. The molecule has 0 aliphatic heterocycles. The van der Waals surface area contributed by atoms with Crippen molar-refractivity contribution >= 4 is 11.0 Å². The molecule has 120 valence electrons. The van der Waals surface area contributed by atoms with E-state index in [1.165, 1.54) is 6.07 Å². The van der Waals surface area contributed by atoms with E-state index in [-0.39, 0.29) is 0 Å². The molecule has 0 radical (unpaired) electrons. The molecule has 23 heavy (non-hydrogen) atoms. The van der Waals surface area contributed by atoms with Gasteiger partial charge in [0.15, 0.2) is 11.6 Å². The number of fused-ring (bicyclic) bond motifs is 1. The van der Waals surface area contributed by atoms with Crippen molar-refractivity contribution in [3.05, 3.63) is 54.4 Å². The summed E-state index contributed by atoms with van der Waals surface area (Å²) in [7, 11) is 1.61. The van der Waals surface area contributed by atoms with Crippen molar-refractivity contribution < 1.29 is 18.3 Å². The number of ether oxygens (including phenoxy) is 2. The lowest BCUT2D eigenvalue weighted by atomic mass is 10.3. The third-order valence-corrected chi connectivity index (χ3v) is 3.53. The average molecular weight is 318 g/mol. The molecular weight excluding hydrogens is 302 g/mol. The van der Waals surface area contributed by atoms with Crippen LogP contribution in [0.4, 0.5) is 8.78 Å². The first-order valence-corrected chi connectivity index (χ1v) is 7.24. The van der Waals surface area contributed by atoms with Gasteiger partial charge in [0, 0.05) is 18.7 Å². The Balaban J connectivity index is 1.57. The predicted octanol–water partition coefficient (Wildman–Crippen LogP) is 3.79. The smallest absolute Gasteiger partial charge is 0.161 e. The van der Waals surface area contributed by atoms with Gasteiger partial charge in [-0.1, -0.05) is 0 Å². The molecule has 0 saturated carbocycles. The molecule has 0 spiro atoms. The summed E-state index contributed by atoms with van der Waals surface area (Å²) in [5.41, 5.74) is 1.02. The number of nitrogens with zero attached hydrogens (tertiary/aromatic N) is 2. The van der Waals surface area contributed by atoms with Crippen molar-refractivity contribution in [3.8, 4) is 11.5 Å². The van der Waals surface area contributed by atoms with Crippen molar-refractivity contribution in [3.63, 3.8) is 0 Å². The number of rotatable bonds is 6. The number of hydrogen-bond acceptors (Lipinski definition) is 3. The van der Waals surface area contributed by atoms with Gasteiger partial charge in [-0.25, -0.2) is 13.8 Å². The van der Waals surface area contributed by atoms with E-state index in [0.29, 0.717) is 24.2 Å². The third-order valence-electron chi connectivity index (χ3n) is 3.53. The second kappa shape index (κ2) is 6.64. The van der Waals surface area contributed by atoms with Crippen LogP contribution in [0.3, 0.4) is 0 Å². The molecule has 0 N–H and O–H groups in total. The van der Waals surface area contributed by atoms with Gasteiger partial charge in [0.05, 0.1) is 31.1 Å². The van der Waals surface area contributed by atoms with Gasteiger partial charge in [-0.3, -0.25) is 0 Å². The van der Waals surface area contributed by atoms with Crippen LogP contribution in [0.5, 0.6) is 11.5 Å². The summed E-state index contributed by atoms with van der Waals surface area (Å²) in [4.78, 5) is 4.08. The van der Waals surface area contributed by atoms with Gasteiger partial charge in [0.1, 0.15) is 11.5 Å². The van der Waals surface area contributed by atoms with Crippen LogP contribution in [0.25, 0.3) is 11.0 Å². The van der Waals surface area contributed by atoms with Gasteiger partial charge in [-0.15, -0.1) is 0 Å². The van der Waals surface area contributed by atoms with Crippen LogP contribution in [0.15, 0.2) is 42.7 Å². The minimum absolute atomic E-state index is 0.444. The quantitative estimate of drug-likeness (QED) is 0.649. The highest BCUT2D eigenvalue weighted by Crippen LogP contribution is 2.19. The van der Waals surface area contributed by atoms with Gasteiger partial charge >= 0.3 is 0 Å². The molecule has 0 aliphatic rings. The summed E-state index contributed by atoms with van der Waals surface area (Å²) < 4.78 is 39.0. The summed E-state index contributed by atoms with van der Waals surface area (Å²) in [6.45, 7) is 1.12. The lowest BCUT2D eigenvalue weighted by Crippen LogP contribution is -2.04. The highest BCUT2D eigenvalue weighted by molar-refractivity contribution is 5.75. The van der Waals surface area contributed by atoms with Crippen LogP contribution in [0, 0.1) is 11.6 Å². The summed E-state index contributed by atoms with van der Waals surface area (Å²) in [6, 6.07) is 9.61. The van der Waals surface area contributed by atoms with Gasteiger partial charge < -0.3 is 14.0 Å². The van der Waals surface area contributed by atoms with Gasteiger partial charge in [0.2, 0.25) is 0 Å². The van der Waals surface area contributed by atoms with Crippen LogP contribution in [0.2, 0.25) is 0 Å². The number of aromatic nitrogens is 2. The Morgan fingerprint density at radius 3 is 2.48 bits per heavy atom. The second-order valence-electron chi connectivity index (χ2n) is 5.07. The summed E-state index contributed by atoms with van der Waals surface area (Å²) in [5, 5.41) is 0. The van der Waals surface area contributed by atoms with E-state index in [2.05, 4.69) is 4.98 Å². The van der Waals surface area contributed by atoms with Crippen molar-refractivity contribution in [1.29, 1.82) is 0 Å². The SMILES string of the molecule is COc1ccc(OCCCn2cnc3cc(F)c(F)cc32)cc1. The average Bonchev–Trinajstić information content (AvgIpc) is 2.94. The van der Waals surface area contributed by atoms with E-state index in [1.807, 2.05) is 24.3 Å². The lowest BCUT2D eigenvalue weighted by molar-refractivity contribution is 0.302. The molecule has 0 amide bonds. The van der Waals surface area contributed by atoms with E-state index < -0.39 is 11.6 Å². The first kappa shape index (κ1) is 15.3. The van der Waals surface area contributed by atoms with E-state index >= 15 is 0 Å². The summed E-state index contributed by atoms with van der Waals surface area (Å²) >= 11 is 0. The number of imidazole rings is 1. The highest BCUT2D eigenvalue weighted by Gasteiger charge is 2.08. The molecule has 4 nitrogen and oxygen atoms in total. The molecule has 0 unspecified atom stereocenters.